The Kier molecular flexibility index (Phi) is 8.39. The van der Waals surface area contributed by atoms with Gasteiger partial charge >= 0.3 is 11.8 Å². The number of hydrogen-bond acceptors (Lipinski definition) is 8. The molecule has 0 saturated carbocycles. The van der Waals surface area contributed by atoms with E-state index in [0.29, 0.717) is 34.2 Å². The van der Waals surface area contributed by atoms with Crippen LogP contribution in [-0.2, 0) is 20.9 Å². The molecule has 4 rings (SSSR count). The first-order valence-electron chi connectivity index (χ1n) is 11.6. The number of methoxy groups -OCH3 is 1. The molecule has 0 fully saturated rings. The first-order chi connectivity index (χ1) is 18.4. The van der Waals surface area contributed by atoms with Crippen LogP contribution in [0.1, 0.15) is 16.7 Å². The van der Waals surface area contributed by atoms with E-state index in [2.05, 4.69) is 21.2 Å². The van der Waals surface area contributed by atoms with E-state index in [4.69, 9.17) is 18.9 Å². The molecule has 3 aromatic carbocycles. The maximum absolute atomic E-state index is 12.2. The Labute approximate surface area is 218 Å². The Bertz CT molecular complexity index is 1370. The Morgan fingerprint density at radius 3 is 2.63 bits per heavy atom. The number of nitrogens with zero attached hydrogens (tertiary/aromatic N) is 1. The lowest BCUT2D eigenvalue weighted by atomic mass is 10.2. The average Bonchev–Trinajstić information content (AvgIpc) is 3.39. The maximum atomic E-state index is 12.2. The van der Waals surface area contributed by atoms with E-state index >= 15 is 0 Å². The number of fused-ring (bicyclic) bond motifs is 1. The molecule has 11 heteroatoms. The van der Waals surface area contributed by atoms with Gasteiger partial charge in [-0.2, -0.15) is 5.10 Å². The number of aryl methyl sites for hydroxylation is 1. The third kappa shape index (κ3) is 7.00. The van der Waals surface area contributed by atoms with Gasteiger partial charge in [0.1, 0.15) is 0 Å². The van der Waals surface area contributed by atoms with Gasteiger partial charge in [-0.05, 0) is 66.1 Å². The highest BCUT2D eigenvalue weighted by Gasteiger charge is 2.16. The molecule has 38 heavy (non-hydrogen) atoms. The monoisotopic (exact) mass is 518 g/mol. The van der Waals surface area contributed by atoms with Crippen molar-refractivity contribution in [2.24, 2.45) is 5.10 Å². The van der Waals surface area contributed by atoms with E-state index in [-0.39, 0.29) is 25.9 Å². The number of benzene rings is 3. The molecule has 3 aromatic rings. The van der Waals surface area contributed by atoms with E-state index in [0.717, 1.165) is 11.1 Å². The molecule has 0 bridgehead atoms. The molecule has 196 valence electrons. The fourth-order valence-electron chi connectivity index (χ4n) is 3.48. The summed E-state index contributed by atoms with van der Waals surface area (Å²) in [4.78, 5) is 36.3. The highest BCUT2D eigenvalue weighted by Crippen LogP contribution is 2.32. The van der Waals surface area contributed by atoms with Crippen LogP contribution in [0.25, 0.3) is 0 Å². The van der Waals surface area contributed by atoms with Gasteiger partial charge in [0, 0.05) is 12.2 Å². The molecule has 0 radical (unpaired) electrons. The zero-order valence-corrected chi connectivity index (χ0v) is 20.8. The average molecular weight is 519 g/mol. The molecule has 0 aliphatic carbocycles. The van der Waals surface area contributed by atoms with E-state index in [1.165, 1.54) is 13.3 Å². The zero-order valence-electron chi connectivity index (χ0n) is 20.8. The largest absolute Gasteiger partial charge is 0.493 e. The van der Waals surface area contributed by atoms with Crippen molar-refractivity contribution in [1.82, 2.24) is 10.7 Å². The number of hydrogen-bond donors (Lipinski definition) is 3. The first kappa shape index (κ1) is 26.0. The van der Waals surface area contributed by atoms with Crippen molar-refractivity contribution in [2.75, 3.05) is 25.8 Å². The van der Waals surface area contributed by atoms with Crippen molar-refractivity contribution < 1.29 is 33.3 Å². The first-order valence-corrected chi connectivity index (χ1v) is 11.6. The van der Waals surface area contributed by atoms with Gasteiger partial charge in [0.15, 0.2) is 29.6 Å². The molecule has 3 amide bonds. The molecule has 0 saturated heterocycles. The molecule has 1 heterocycles. The molecule has 0 unspecified atom stereocenters. The summed E-state index contributed by atoms with van der Waals surface area (Å²) in [6.07, 6.45) is 1.35. The van der Waals surface area contributed by atoms with Gasteiger partial charge in [-0.15, -0.1) is 0 Å². The maximum Gasteiger partial charge on any atom is 0.329 e. The zero-order chi connectivity index (χ0) is 26.9. The predicted octanol–water partition coefficient (Wildman–Crippen LogP) is 2.52. The Hall–Kier alpha value is -5.06. The van der Waals surface area contributed by atoms with E-state index in [1.54, 1.807) is 42.5 Å². The summed E-state index contributed by atoms with van der Waals surface area (Å²) in [5, 5.41) is 9.10. The third-order valence-electron chi connectivity index (χ3n) is 5.32. The Balaban J connectivity index is 1.24. The highest BCUT2D eigenvalue weighted by molar-refractivity contribution is 6.35. The summed E-state index contributed by atoms with van der Waals surface area (Å²) in [6.45, 7) is 2.01. The van der Waals surface area contributed by atoms with Crippen LogP contribution in [0.2, 0.25) is 0 Å². The lowest BCUT2D eigenvalue weighted by molar-refractivity contribution is -0.139. The second-order valence-electron chi connectivity index (χ2n) is 8.19. The van der Waals surface area contributed by atoms with Crippen molar-refractivity contribution in [2.45, 2.75) is 13.5 Å². The lowest BCUT2D eigenvalue weighted by Crippen LogP contribution is -2.37. The summed E-state index contributed by atoms with van der Waals surface area (Å²) in [7, 11) is 1.46. The number of carbonyl (C=O) groups is 3. The normalized spacial score (nSPS) is 11.6. The number of rotatable bonds is 9. The van der Waals surface area contributed by atoms with Crippen LogP contribution in [0.15, 0.2) is 65.8 Å². The Morgan fingerprint density at radius 1 is 0.974 bits per heavy atom. The van der Waals surface area contributed by atoms with Crippen molar-refractivity contribution >= 4 is 29.6 Å². The minimum absolute atomic E-state index is 0.133. The smallest absolute Gasteiger partial charge is 0.329 e. The van der Waals surface area contributed by atoms with Gasteiger partial charge < -0.3 is 29.6 Å². The quantitative estimate of drug-likeness (QED) is 0.225. The minimum atomic E-state index is -0.923. The van der Waals surface area contributed by atoms with Crippen LogP contribution in [0.5, 0.6) is 23.0 Å². The van der Waals surface area contributed by atoms with Crippen molar-refractivity contribution in [3.63, 3.8) is 0 Å². The minimum Gasteiger partial charge on any atom is -0.493 e. The van der Waals surface area contributed by atoms with E-state index in [1.807, 2.05) is 25.1 Å². The number of hydrazone groups is 1. The second kappa shape index (κ2) is 12.3. The summed E-state index contributed by atoms with van der Waals surface area (Å²) in [6, 6.07) is 17.6. The summed E-state index contributed by atoms with van der Waals surface area (Å²) >= 11 is 0. The molecule has 0 aromatic heterocycles. The molecular formula is C27H26N4O7. The number of anilines is 1. The second-order valence-corrected chi connectivity index (χ2v) is 8.19. The highest BCUT2D eigenvalue weighted by atomic mass is 16.7. The molecule has 0 spiro atoms. The van der Waals surface area contributed by atoms with Gasteiger partial charge in [-0.1, -0.05) is 18.2 Å². The van der Waals surface area contributed by atoms with Gasteiger partial charge in [0.2, 0.25) is 6.79 Å². The van der Waals surface area contributed by atoms with Gasteiger partial charge in [-0.25, -0.2) is 5.43 Å². The Morgan fingerprint density at radius 2 is 1.82 bits per heavy atom. The van der Waals surface area contributed by atoms with Crippen LogP contribution in [0, 0.1) is 6.92 Å². The van der Waals surface area contributed by atoms with Gasteiger partial charge in [0.25, 0.3) is 5.91 Å². The lowest BCUT2D eigenvalue weighted by Gasteiger charge is -2.11. The predicted molar refractivity (Wildman–Crippen MR) is 138 cm³/mol. The fourth-order valence-corrected chi connectivity index (χ4v) is 3.48. The number of nitrogens with one attached hydrogen (secondary N) is 3. The SMILES string of the molecule is COc1cc(/C=N\NC(=O)C(=O)NCc2ccc3c(c2)OCO3)ccc1OCC(=O)Nc1cccc(C)c1. The summed E-state index contributed by atoms with van der Waals surface area (Å²) < 4.78 is 21.5. The van der Waals surface area contributed by atoms with Crippen LogP contribution >= 0.6 is 0 Å². The molecule has 1 aliphatic rings. The van der Waals surface area contributed by atoms with E-state index < -0.39 is 11.8 Å². The molecule has 3 N–H and O–H groups in total. The van der Waals surface area contributed by atoms with Crippen LogP contribution in [0.3, 0.4) is 0 Å². The van der Waals surface area contributed by atoms with Crippen molar-refractivity contribution in [3.05, 3.63) is 77.4 Å². The van der Waals surface area contributed by atoms with Crippen molar-refractivity contribution in [3.8, 4) is 23.0 Å². The third-order valence-corrected chi connectivity index (χ3v) is 5.32. The van der Waals surface area contributed by atoms with Gasteiger partial charge in [-0.3, -0.25) is 14.4 Å². The van der Waals surface area contributed by atoms with E-state index in [9.17, 15) is 14.4 Å². The fraction of sp³-hybridized carbons (Fsp3) is 0.185. The molecule has 0 atom stereocenters. The number of carbonyl (C=O) groups excluding carboxylic acids is 3. The molecule has 1 aliphatic heterocycles. The number of ether oxygens (including phenoxy) is 4. The van der Waals surface area contributed by atoms with Gasteiger partial charge in [0.05, 0.1) is 13.3 Å². The van der Waals surface area contributed by atoms with Crippen LogP contribution in [-0.4, -0.2) is 44.4 Å². The number of amides is 3. The summed E-state index contributed by atoms with van der Waals surface area (Å²) in [5.41, 5.74) is 5.21. The molecule has 11 nitrogen and oxygen atoms in total. The molecular weight excluding hydrogens is 492 g/mol. The topological polar surface area (TPSA) is 137 Å². The van der Waals surface area contributed by atoms with Crippen LogP contribution in [0.4, 0.5) is 5.69 Å². The van der Waals surface area contributed by atoms with Crippen molar-refractivity contribution in [1.29, 1.82) is 0 Å². The summed E-state index contributed by atoms with van der Waals surface area (Å²) in [5.74, 6) is -0.141. The van der Waals surface area contributed by atoms with Crippen LogP contribution < -0.4 is 35.0 Å². The standard InChI is InChI=1S/C27H26N4O7/c1-17-4-3-5-20(10-17)30-25(32)15-36-21-8-7-19(11-23(21)35-2)14-29-31-27(34)26(33)28-13-18-6-9-22-24(12-18)38-16-37-22/h3-12,14H,13,15-16H2,1-2H3,(H,28,33)(H,30,32)(H,31,34)/b29-14-.